The van der Waals surface area contributed by atoms with Gasteiger partial charge in [-0.25, -0.2) is 0 Å². The van der Waals surface area contributed by atoms with Crippen molar-refractivity contribution in [3.8, 4) is 0 Å². The number of nitrogens with one attached hydrogen (secondary N) is 1. The first kappa shape index (κ1) is 11.2. The number of fused-ring (bicyclic) bond motifs is 1. The lowest BCUT2D eigenvalue weighted by molar-refractivity contribution is 0.264. The van der Waals surface area contributed by atoms with E-state index in [1.807, 2.05) is 0 Å². The van der Waals surface area contributed by atoms with E-state index in [0.717, 1.165) is 30.7 Å². The van der Waals surface area contributed by atoms with Crippen molar-refractivity contribution in [2.24, 2.45) is 17.8 Å². The molecule has 0 aromatic heterocycles. The first-order valence-corrected chi connectivity index (χ1v) is 6.23. The number of hydrogen-bond donors (Lipinski definition) is 2. The minimum absolute atomic E-state index is 0.300. The Bertz CT molecular complexity index is 251. The van der Waals surface area contributed by atoms with Crippen LogP contribution in [0.4, 0.5) is 0 Å². The SMILES string of the molecule is CC1C=CC2CC2(NCCCO)C(C)C1. The maximum absolute atomic E-state index is 8.80. The average molecular weight is 209 g/mol. The minimum atomic E-state index is 0.300. The summed E-state index contributed by atoms with van der Waals surface area (Å²) in [5.41, 5.74) is 0.371. The lowest BCUT2D eigenvalue weighted by Crippen LogP contribution is -2.40. The lowest BCUT2D eigenvalue weighted by atomic mass is 9.90. The third kappa shape index (κ3) is 2.11. The van der Waals surface area contributed by atoms with Crippen LogP contribution in [0.5, 0.6) is 0 Å². The number of rotatable bonds is 4. The number of allylic oxidation sites excluding steroid dienone is 1. The van der Waals surface area contributed by atoms with Gasteiger partial charge in [0.25, 0.3) is 0 Å². The fourth-order valence-electron chi connectivity index (χ4n) is 3.06. The summed E-state index contributed by atoms with van der Waals surface area (Å²) in [4.78, 5) is 0. The summed E-state index contributed by atoms with van der Waals surface area (Å²) in [5.74, 6) is 2.23. The van der Waals surface area contributed by atoms with Gasteiger partial charge in [-0.15, -0.1) is 0 Å². The molecule has 4 unspecified atom stereocenters. The molecule has 2 aliphatic rings. The van der Waals surface area contributed by atoms with Gasteiger partial charge in [0.2, 0.25) is 0 Å². The Morgan fingerprint density at radius 2 is 2.20 bits per heavy atom. The van der Waals surface area contributed by atoms with E-state index < -0.39 is 0 Å². The molecule has 2 aliphatic carbocycles. The zero-order chi connectivity index (χ0) is 10.9. The van der Waals surface area contributed by atoms with E-state index in [1.54, 1.807) is 0 Å². The Hall–Kier alpha value is -0.340. The van der Waals surface area contributed by atoms with Crippen molar-refractivity contribution in [1.29, 1.82) is 0 Å². The third-order valence-electron chi connectivity index (χ3n) is 4.12. The Kier molecular flexibility index (Phi) is 3.17. The van der Waals surface area contributed by atoms with Gasteiger partial charge in [-0.05, 0) is 43.6 Å². The van der Waals surface area contributed by atoms with E-state index in [9.17, 15) is 0 Å². The van der Waals surface area contributed by atoms with Crippen LogP contribution in [0.3, 0.4) is 0 Å². The predicted molar refractivity (Wildman–Crippen MR) is 62.6 cm³/mol. The van der Waals surface area contributed by atoms with Gasteiger partial charge in [0.1, 0.15) is 0 Å². The molecule has 0 aromatic rings. The van der Waals surface area contributed by atoms with E-state index in [0.29, 0.717) is 12.1 Å². The van der Waals surface area contributed by atoms with Crippen molar-refractivity contribution in [2.45, 2.75) is 38.6 Å². The largest absolute Gasteiger partial charge is 0.396 e. The number of hydrogen-bond acceptors (Lipinski definition) is 2. The van der Waals surface area contributed by atoms with Crippen LogP contribution >= 0.6 is 0 Å². The van der Waals surface area contributed by atoms with Crippen molar-refractivity contribution in [3.63, 3.8) is 0 Å². The van der Waals surface area contributed by atoms with Gasteiger partial charge in [0.05, 0.1) is 0 Å². The van der Waals surface area contributed by atoms with Gasteiger partial charge in [0.15, 0.2) is 0 Å². The van der Waals surface area contributed by atoms with Gasteiger partial charge in [-0.2, -0.15) is 0 Å². The highest BCUT2D eigenvalue weighted by Crippen LogP contribution is 2.53. The first-order valence-electron chi connectivity index (χ1n) is 6.23. The van der Waals surface area contributed by atoms with Gasteiger partial charge < -0.3 is 10.4 Å². The van der Waals surface area contributed by atoms with E-state index in [-0.39, 0.29) is 0 Å². The maximum atomic E-state index is 8.80. The average Bonchev–Trinajstić information content (AvgIpc) is 2.91. The molecule has 0 amide bonds. The standard InChI is InChI=1S/C13H23NO/c1-10-4-5-12-9-13(12,11(2)8-10)14-6-3-7-15/h4-5,10-12,14-15H,3,6-9H2,1-2H3. The van der Waals surface area contributed by atoms with Crippen molar-refractivity contribution >= 4 is 0 Å². The quantitative estimate of drug-likeness (QED) is 0.548. The summed E-state index contributed by atoms with van der Waals surface area (Å²) in [5, 5.41) is 12.5. The summed E-state index contributed by atoms with van der Waals surface area (Å²) in [6.07, 6.45) is 8.24. The van der Waals surface area contributed by atoms with E-state index in [1.165, 1.54) is 12.8 Å². The van der Waals surface area contributed by atoms with E-state index >= 15 is 0 Å². The Morgan fingerprint density at radius 3 is 2.93 bits per heavy atom. The molecule has 0 aromatic carbocycles. The van der Waals surface area contributed by atoms with Crippen LogP contribution in [0, 0.1) is 17.8 Å². The number of aliphatic hydroxyl groups excluding tert-OH is 1. The predicted octanol–water partition coefficient (Wildman–Crippen LogP) is 1.95. The number of aliphatic hydroxyl groups is 1. The Labute approximate surface area is 92.8 Å². The molecule has 1 saturated carbocycles. The lowest BCUT2D eigenvalue weighted by Gasteiger charge is -2.26. The second-order valence-corrected chi connectivity index (χ2v) is 5.35. The first-order chi connectivity index (χ1) is 7.19. The van der Waals surface area contributed by atoms with Crippen molar-refractivity contribution in [2.75, 3.05) is 13.2 Å². The van der Waals surface area contributed by atoms with E-state index in [2.05, 4.69) is 31.3 Å². The van der Waals surface area contributed by atoms with Gasteiger partial charge in [0, 0.05) is 12.1 Å². The highest BCUT2D eigenvalue weighted by atomic mass is 16.3. The molecule has 0 heterocycles. The van der Waals surface area contributed by atoms with Gasteiger partial charge in [-0.3, -0.25) is 0 Å². The van der Waals surface area contributed by atoms with Gasteiger partial charge >= 0.3 is 0 Å². The molecule has 4 atom stereocenters. The summed E-state index contributed by atoms with van der Waals surface area (Å²) in [6, 6.07) is 0. The van der Waals surface area contributed by atoms with Crippen molar-refractivity contribution in [1.82, 2.24) is 5.32 Å². The van der Waals surface area contributed by atoms with Crippen LogP contribution in [-0.2, 0) is 0 Å². The Morgan fingerprint density at radius 1 is 1.40 bits per heavy atom. The molecule has 2 heteroatoms. The van der Waals surface area contributed by atoms with Crippen LogP contribution < -0.4 is 5.32 Å². The monoisotopic (exact) mass is 209 g/mol. The highest BCUT2D eigenvalue weighted by Gasteiger charge is 2.56. The molecular weight excluding hydrogens is 186 g/mol. The zero-order valence-corrected chi connectivity index (χ0v) is 9.87. The van der Waals surface area contributed by atoms with Crippen LogP contribution in [0.25, 0.3) is 0 Å². The van der Waals surface area contributed by atoms with Crippen LogP contribution in [0.15, 0.2) is 12.2 Å². The summed E-state index contributed by atoms with van der Waals surface area (Å²) < 4.78 is 0. The Balaban J connectivity index is 1.94. The molecule has 0 saturated heterocycles. The van der Waals surface area contributed by atoms with Gasteiger partial charge in [-0.1, -0.05) is 26.0 Å². The molecule has 0 aliphatic heterocycles. The minimum Gasteiger partial charge on any atom is -0.396 e. The molecule has 0 radical (unpaired) electrons. The second kappa shape index (κ2) is 4.26. The normalized spacial score (nSPS) is 43.5. The fourth-order valence-corrected chi connectivity index (χ4v) is 3.06. The molecule has 86 valence electrons. The molecule has 1 fully saturated rings. The molecule has 2 rings (SSSR count). The molecule has 15 heavy (non-hydrogen) atoms. The molecule has 2 N–H and O–H groups in total. The maximum Gasteiger partial charge on any atom is 0.0443 e. The second-order valence-electron chi connectivity index (χ2n) is 5.35. The van der Waals surface area contributed by atoms with E-state index in [4.69, 9.17) is 5.11 Å². The topological polar surface area (TPSA) is 32.3 Å². The molecule has 2 nitrogen and oxygen atoms in total. The zero-order valence-electron chi connectivity index (χ0n) is 9.87. The van der Waals surface area contributed by atoms with Crippen LogP contribution in [0.1, 0.15) is 33.1 Å². The smallest absolute Gasteiger partial charge is 0.0443 e. The summed E-state index contributed by atoms with van der Waals surface area (Å²) >= 11 is 0. The van der Waals surface area contributed by atoms with Crippen LogP contribution in [0.2, 0.25) is 0 Å². The fraction of sp³-hybridized carbons (Fsp3) is 0.846. The molecule has 0 spiro atoms. The summed E-state index contributed by atoms with van der Waals surface area (Å²) in [6.45, 7) is 5.93. The summed E-state index contributed by atoms with van der Waals surface area (Å²) in [7, 11) is 0. The highest BCUT2D eigenvalue weighted by molar-refractivity contribution is 5.22. The van der Waals surface area contributed by atoms with Crippen LogP contribution in [-0.4, -0.2) is 23.8 Å². The molecule has 0 bridgehead atoms. The van der Waals surface area contributed by atoms with Crippen molar-refractivity contribution in [3.05, 3.63) is 12.2 Å². The van der Waals surface area contributed by atoms with Crippen molar-refractivity contribution < 1.29 is 5.11 Å². The third-order valence-corrected chi connectivity index (χ3v) is 4.12. The molecular formula is C13H23NO.